The zero-order valence-electron chi connectivity index (χ0n) is 18.1. The molecule has 1 aliphatic carbocycles. The number of rotatable bonds is 5. The van der Waals surface area contributed by atoms with Crippen LogP contribution in [0.5, 0.6) is 0 Å². The van der Waals surface area contributed by atoms with Crippen molar-refractivity contribution in [3.8, 4) is 0 Å². The Morgan fingerprint density at radius 1 is 1.29 bits per heavy atom. The Balaban J connectivity index is 1.64. The van der Waals surface area contributed by atoms with Crippen LogP contribution in [0, 0.1) is 11.3 Å². The third-order valence-electron chi connectivity index (χ3n) is 5.90. The van der Waals surface area contributed by atoms with Gasteiger partial charge in [0.1, 0.15) is 10.8 Å². The van der Waals surface area contributed by atoms with E-state index >= 15 is 0 Å². The van der Waals surface area contributed by atoms with Crippen LogP contribution in [-0.2, 0) is 19.4 Å². The zero-order valence-corrected chi connectivity index (χ0v) is 20.5. The molecule has 1 aromatic carbocycles. The molecule has 0 saturated carbocycles. The summed E-state index contributed by atoms with van der Waals surface area (Å²) in [7, 11) is 0. The summed E-state index contributed by atoms with van der Waals surface area (Å²) >= 11 is 5.13. The minimum Gasteiger partial charge on any atom is -0.467 e. The number of nitrogens with zero attached hydrogens (tertiary/aromatic N) is 1. The Bertz CT molecular complexity index is 1080. The van der Waals surface area contributed by atoms with Crippen LogP contribution in [0.25, 0.3) is 0 Å². The van der Waals surface area contributed by atoms with Gasteiger partial charge in [0.05, 0.1) is 18.4 Å². The summed E-state index contributed by atoms with van der Waals surface area (Å²) in [6.45, 7) is 7.29. The van der Waals surface area contributed by atoms with Gasteiger partial charge in [-0.2, -0.15) is 0 Å². The fraction of sp³-hybridized carbons (Fsp3) is 0.360. The maximum Gasteiger partial charge on any atom is 0.255 e. The summed E-state index contributed by atoms with van der Waals surface area (Å²) < 4.78 is 6.40. The van der Waals surface area contributed by atoms with E-state index in [0.29, 0.717) is 12.5 Å². The lowest BCUT2D eigenvalue weighted by molar-refractivity contribution is 0.0947. The topological polar surface area (TPSA) is 54.6 Å². The van der Waals surface area contributed by atoms with Crippen molar-refractivity contribution in [1.29, 1.82) is 0 Å². The quantitative estimate of drug-likeness (QED) is 0.387. The molecule has 4 rings (SSSR count). The summed E-state index contributed by atoms with van der Waals surface area (Å²) in [5.74, 6) is 1.28. The Kier molecular flexibility index (Phi) is 6.49. The lowest BCUT2D eigenvalue weighted by Gasteiger charge is -2.33. The minimum absolute atomic E-state index is 0.0777. The normalized spacial score (nSPS) is 16.5. The van der Waals surface area contributed by atoms with Crippen molar-refractivity contribution < 1.29 is 9.21 Å². The van der Waals surface area contributed by atoms with Crippen molar-refractivity contribution in [3.63, 3.8) is 0 Å². The summed E-state index contributed by atoms with van der Waals surface area (Å²) in [6, 6.07) is 11.7. The summed E-state index contributed by atoms with van der Waals surface area (Å²) in [5.41, 5.74) is 3.16. The number of furan rings is 1. The van der Waals surface area contributed by atoms with E-state index in [9.17, 15) is 4.79 Å². The van der Waals surface area contributed by atoms with E-state index in [1.54, 1.807) is 17.6 Å². The fourth-order valence-electron chi connectivity index (χ4n) is 3.99. The van der Waals surface area contributed by atoms with Gasteiger partial charge < -0.3 is 9.73 Å². The highest BCUT2D eigenvalue weighted by molar-refractivity contribution is 9.10. The van der Waals surface area contributed by atoms with Gasteiger partial charge in [0.15, 0.2) is 0 Å². The first-order valence-corrected chi connectivity index (χ1v) is 12.2. The molecule has 0 radical (unpaired) electrons. The molecule has 162 valence electrons. The lowest BCUT2D eigenvalue weighted by Crippen LogP contribution is -2.28. The van der Waals surface area contributed by atoms with Gasteiger partial charge in [-0.3, -0.25) is 4.79 Å². The van der Waals surface area contributed by atoms with Crippen LogP contribution in [0.4, 0.5) is 5.00 Å². The number of amides is 1. The van der Waals surface area contributed by atoms with E-state index < -0.39 is 0 Å². The molecule has 2 heterocycles. The third-order valence-corrected chi connectivity index (χ3v) is 7.59. The van der Waals surface area contributed by atoms with E-state index in [0.717, 1.165) is 45.6 Å². The Morgan fingerprint density at radius 3 is 2.74 bits per heavy atom. The minimum atomic E-state index is -0.0777. The molecule has 0 spiro atoms. The van der Waals surface area contributed by atoms with Gasteiger partial charge in [-0.1, -0.05) is 48.8 Å². The number of aliphatic imine (C=N–C) groups is 1. The average Bonchev–Trinajstić information content (AvgIpc) is 3.38. The monoisotopic (exact) mass is 498 g/mol. The van der Waals surface area contributed by atoms with Crippen molar-refractivity contribution >= 4 is 44.4 Å². The van der Waals surface area contributed by atoms with E-state index in [2.05, 4.69) is 42.0 Å². The average molecular weight is 499 g/mol. The SMILES string of the molecule is CC(C)(C)[C@@H]1CCc2c(sc(N=Cc3ccc(Br)cc3)c2C(=O)NCc2ccco2)C1. The second kappa shape index (κ2) is 9.13. The number of thiophene rings is 1. The van der Waals surface area contributed by atoms with Gasteiger partial charge in [-0.15, -0.1) is 11.3 Å². The Morgan fingerprint density at radius 2 is 2.06 bits per heavy atom. The van der Waals surface area contributed by atoms with Crippen LogP contribution in [0.1, 0.15) is 59.3 Å². The summed E-state index contributed by atoms with van der Waals surface area (Å²) in [6.07, 6.45) is 6.49. The first-order valence-electron chi connectivity index (χ1n) is 10.6. The molecule has 0 fully saturated rings. The zero-order chi connectivity index (χ0) is 22.0. The van der Waals surface area contributed by atoms with Gasteiger partial charge >= 0.3 is 0 Å². The first kappa shape index (κ1) is 22.0. The highest BCUT2D eigenvalue weighted by Gasteiger charge is 2.33. The molecule has 2 aromatic heterocycles. The number of carbonyl (C=O) groups is 1. The molecule has 0 aliphatic heterocycles. The van der Waals surface area contributed by atoms with Crippen LogP contribution in [0.3, 0.4) is 0 Å². The number of carbonyl (C=O) groups excluding carboxylic acids is 1. The first-order chi connectivity index (χ1) is 14.8. The predicted octanol–water partition coefficient (Wildman–Crippen LogP) is 6.94. The number of nitrogens with one attached hydrogen (secondary N) is 1. The molecule has 6 heteroatoms. The van der Waals surface area contributed by atoms with Crippen LogP contribution in [0.15, 0.2) is 56.5 Å². The molecule has 1 N–H and O–H groups in total. The fourth-order valence-corrected chi connectivity index (χ4v) is 5.52. The predicted molar refractivity (Wildman–Crippen MR) is 131 cm³/mol. The number of hydrogen-bond acceptors (Lipinski definition) is 4. The standard InChI is InChI=1S/C25H27BrN2O2S/c1-25(2,3)17-8-11-20-21(13-17)31-24(28-14-16-6-9-18(26)10-7-16)22(20)23(29)27-15-19-5-4-12-30-19/h4-7,9-10,12,14,17H,8,11,13,15H2,1-3H3,(H,27,29)/t17-/m1/s1. The molecule has 31 heavy (non-hydrogen) atoms. The van der Waals surface area contributed by atoms with E-state index in [4.69, 9.17) is 9.41 Å². The maximum absolute atomic E-state index is 13.2. The molecular formula is C25H27BrN2O2S. The smallest absolute Gasteiger partial charge is 0.255 e. The highest BCUT2D eigenvalue weighted by Crippen LogP contribution is 2.45. The van der Waals surface area contributed by atoms with Crippen LogP contribution >= 0.6 is 27.3 Å². The van der Waals surface area contributed by atoms with Gasteiger partial charge in [-0.05, 0) is 66.0 Å². The molecule has 4 nitrogen and oxygen atoms in total. The number of benzene rings is 1. The van der Waals surface area contributed by atoms with Crippen molar-refractivity contribution in [1.82, 2.24) is 5.32 Å². The van der Waals surface area contributed by atoms with Gasteiger partial charge in [0, 0.05) is 15.6 Å². The van der Waals surface area contributed by atoms with E-state index in [1.165, 1.54) is 10.4 Å². The van der Waals surface area contributed by atoms with Gasteiger partial charge in [0.25, 0.3) is 5.91 Å². The van der Waals surface area contributed by atoms with Crippen molar-refractivity contribution in [3.05, 3.63) is 74.5 Å². The van der Waals surface area contributed by atoms with Crippen molar-refractivity contribution in [2.75, 3.05) is 0 Å². The summed E-state index contributed by atoms with van der Waals surface area (Å²) in [4.78, 5) is 19.3. The van der Waals surface area contributed by atoms with Gasteiger partial charge in [-0.25, -0.2) is 4.99 Å². The molecule has 1 aliphatic rings. The number of hydrogen-bond donors (Lipinski definition) is 1. The molecule has 3 aromatic rings. The summed E-state index contributed by atoms with van der Waals surface area (Å²) in [5, 5.41) is 3.81. The second-order valence-electron chi connectivity index (χ2n) is 9.06. The van der Waals surface area contributed by atoms with Crippen molar-refractivity contribution in [2.45, 2.75) is 46.6 Å². The molecular weight excluding hydrogens is 472 g/mol. The van der Waals surface area contributed by atoms with Crippen molar-refractivity contribution in [2.24, 2.45) is 16.3 Å². The largest absolute Gasteiger partial charge is 0.467 e. The molecule has 1 atom stereocenters. The van der Waals surface area contributed by atoms with E-state index in [1.807, 2.05) is 42.6 Å². The van der Waals surface area contributed by atoms with Crippen LogP contribution in [-0.4, -0.2) is 12.1 Å². The van der Waals surface area contributed by atoms with Crippen LogP contribution in [0.2, 0.25) is 0 Å². The molecule has 0 saturated heterocycles. The molecule has 0 unspecified atom stereocenters. The van der Waals surface area contributed by atoms with Gasteiger partial charge in [0.2, 0.25) is 0 Å². The third kappa shape index (κ3) is 5.18. The Labute approximate surface area is 195 Å². The second-order valence-corrected chi connectivity index (χ2v) is 11.1. The van der Waals surface area contributed by atoms with Crippen LogP contribution < -0.4 is 5.32 Å². The number of fused-ring (bicyclic) bond motifs is 1. The number of halogens is 1. The molecule has 1 amide bonds. The Hall–Kier alpha value is -2.18. The van der Waals surface area contributed by atoms with E-state index in [-0.39, 0.29) is 11.3 Å². The maximum atomic E-state index is 13.2. The lowest BCUT2D eigenvalue weighted by atomic mass is 9.72. The molecule has 0 bridgehead atoms. The highest BCUT2D eigenvalue weighted by atomic mass is 79.9.